The van der Waals surface area contributed by atoms with Gasteiger partial charge in [0, 0.05) is 16.6 Å². The van der Waals surface area contributed by atoms with Gasteiger partial charge in [0.2, 0.25) is 0 Å². The molecule has 0 aromatic heterocycles. The third-order valence-corrected chi connectivity index (χ3v) is 2.85. The van der Waals surface area contributed by atoms with Crippen molar-refractivity contribution in [2.75, 3.05) is 13.2 Å². The summed E-state index contributed by atoms with van der Waals surface area (Å²) in [6.07, 6.45) is 1.16. The number of benzene rings is 1. The van der Waals surface area contributed by atoms with E-state index in [1.54, 1.807) is 0 Å². The van der Waals surface area contributed by atoms with Crippen molar-refractivity contribution in [3.05, 3.63) is 34.3 Å². The second-order valence-corrected chi connectivity index (χ2v) is 3.93. The predicted molar refractivity (Wildman–Crippen MR) is 55.5 cm³/mol. The summed E-state index contributed by atoms with van der Waals surface area (Å²) in [4.78, 5) is 0. The van der Waals surface area contributed by atoms with Crippen molar-refractivity contribution in [1.29, 1.82) is 0 Å². The van der Waals surface area contributed by atoms with Crippen LogP contribution in [0.15, 0.2) is 28.7 Å². The Kier molecular flexibility index (Phi) is 2.98. The summed E-state index contributed by atoms with van der Waals surface area (Å²) in [5, 5.41) is 3.32. The van der Waals surface area contributed by atoms with E-state index in [1.165, 1.54) is 5.56 Å². The van der Waals surface area contributed by atoms with E-state index in [2.05, 4.69) is 27.3 Å². The molecule has 1 heterocycles. The summed E-state index contributed by atoms with van der Waals surface area (Å²) in [6, 6.07) is 8.15. The fourth-order valence-corrected chi connectivity index (χ4v) is 1.95. The molecule has 0 aliphatic carbocycles. The van der Waals surface area contributed by atoms with Crippen molar-refractivity contribution in [1.82, 2.24) is 5.32 Å². The van der Waals surface area contributed by atoms with Crippen molar-refractivity contribution < 1.29 is 4.74 Å². The lowest BCUT2D eigenvalue weighted by Crippen LogP contribution is -2.31. The molecule has 1 fully saturated rings. The number of nitrogens with one attached hydrogen (secondary N) is 1. The molecule has 3 heteroatoms. The molecule has 1 saturated heterocycles. The van der Waals surface area contributed by atoms with Crippen molar-refractivity contribution in [2.45, 2.75) is 12.6 Å². The Bertz CT molecular complexity index is 284. The number of halogens is 1. The quantitative estimate of drug-likeness (QED) is 0.816. The van der Waals surface area contributed by atoms with Crippen molar-refractivity contribution in [3.8, 4) is 0 Å². The molecule has 0 spiro atoms. The molecule has 0 amide bonds. The number of ether oxygens (including phenoxy) is 1. The highest BCUT2D eigenvalue weighted by atomic mass is 79.9. The van der Waals surface area contributed by atoms with E-state index in [0.717, 1.165) is 24.0 Å². The SMILES string of the molecule is Brc1ccccc1C1NCCCO1. The van der Waals surface area contributed by atoms with E-state index < -0.39 is 0 Å². The standard InChI is InChI=1S/C10H12BrNO/c11-9-5-2-1-4-8(9)10-12-6-3-7-13-10/h1-2,4-5,10,12H,3,6-7H2. The molecule has 1 unspecified atom stereocenters. The van der Waals surface area contributed by atoms with Gasteiger partial charge in [0.1, 0.15) is 6.23 Å². The minimum atomic E-state index is 0.0596. The van der Waals surface area contributed by atoms with Gasteiger partial charge >= 0.3 is 0 Å². The van der Waals surface area contributed by atoms with Gasteiger partial charge in [0.15, 0.2) is 0 Å². The summed E-state index contributed by atoms with van der Waals surface area (Å²) >= 11 is 3.51. The first kappa shape index (κ1) is 9.19. The van der Waals surface area contributed by atoms with Crippen LogP contribution in [-0.4, -0.2) is 13.2 Å². The molecule has 1 atom stereocenters. The topological polar surface area (TPSA) is 21.3 Å². The second kappa shape index (κ2) is 4.22. The van der Waals surface area contributed by atoms with Crippen LogP contribution in [0.5, 0.6) is 0 Å². The van der Waals surface area contributed by atoms with Gasteiger partial charge in [-0.15, -0.1) is 0 Å². The third-order valence-electron chi connectivity index (χ3n) is 2.12. The largest absolute Gasteiger partial charge is 0.359 e. The third kappa shape index (κ3) is 2.10. The first-order valence-electron chi connectivity index (χ1n) is 4.47. The Hall–Kier alpha value is -0.380. The van der Waals surface area contributed by atoms with Crippen molar-refractivity contribution in [2.24, 2.45) is 0 Å². The first-order chi connectivity index (χ1) is 6.38. The fourth-order valence-electron chi connectivity index (χ4n) is 1.45. The van der Waals surface area contributed by atoms with Gasteiger partial charge in [0.05, 0.1) is 6.61 Å². The molecule has 1 aliphatic heterocycles. The number of hydrogen-bond donors (Lipinski definition) is 1. The van der Waals surface area contributed by atoms with E-state index in [9.17, 15) is 0 Å². The zero-order valence-electron chi connectivity index (χ0n) is 7.29. The van der Waals surface area contributed by atoms with Gasteiger partial charge in [-0.1, -0.05) is 34.1 Å². The van der Waals surface area contributed by atoms with Crippen LogP contribution in [0.3, 0.4) is 0 Å². The number of hydrogen-bond acceptors (Lipinski definition) is 2. The molecular weight excluding hydrogens is 230 g/mol. The van der Waals surface area contributed by atoms with Gasteiger partial charge in [-0.3, -0.25) is 5.32 Å². The van der Waals surface area contributed by atoms with Crippen LogP contribution < -0.4 is 5.32 Å². The Morgan fingerprint density at radius 3 is 2.92 bits per heavy atom. The van der Waals surface area contributed by atoms with E-state index in [0.29, 0.717) is 0 Å². The predicted octanol–water partition coefficient (Wildman–Crippen LogP) is 2.46. The van der Waals surface area contributed by atoms with Gasteiger partial charge in [-0.25, -0.2) is 0 Å². The summed E-state index contributed by atoms with van der Waals surface area (Å²) in [5.74, 6) is 0. The molecule has 13 heavy (non-hydrogen) atoms. The maximum absolute atomic E-state index is 5.60. The molecule has 1 aromatic carbocycles. The summed E-state index contributed by atoms with van der Waals surface area (Å²) in [6.45, 7) is 1.88. The highest BCUT2D eigenvalue weighted by molar-refractivity contribution is 9.10. The average Bonchev–Trinajstić information content (AvgIpc) is 2.20. The summed E-state index contributed by atoms with van der Waals surface area (Å²) in [7, 11) is 0. The molecule has 0 saturated carbocycles. The maximum Gasteiger partial charge on any atom is 0.135 e. The molecule has 1 N–H and O–H groups in total. The molecule has 70 valence electrons. The Balaban J connectivity index is 2.18. The van der Waals surface area contributed by atoms with E-state index >= 15 is 0 Å². The minimum absolute atomic E-state index is 0.0596. The first-order valence-corrected chi connectivity index (χ1v) is 5.26. The molecule has 1 aromatic rings. The number of rotatable bonds is 1. The Morgan fingerprint density at radius 1 is 1.38 bits per heavy atom. The van der Waals surface area contributed by atoms with Crippen molar-refractivity contribution >= 4 is 15.9 Å². The fraction of sp³-hybridized carbons (Fsp3) is 0.400. The van der Waals surface area contributed by atoms with Crippen LogP contribution in [-0.2, 0) is 4.74 Å². The summed E-state index contributed by atoms with van der Waals surface area (Å²) in [5.41, 5.74) is 1.18. The van der Waals surface area contributed by atoms with Gasteiger partial charge in [-0.2, -0.15) is 0 Å². The maximum atomic E-state index is 5.60. The summed E-state index contributed by atoms with van der Waals surface area (Å²) < 4.78 is 6.71. The van der Waals surface area contributed by atoms with Crippen LogP contribution in [0, 0.1) is 0 Å². The lowest BCUT2D eigenvalue weighted by Gasteiger charge is -2.25. The van der Waals surface area contributed by atoms with E-state index in [1.807, 2.05) is 18.2 Å². The van der Waals surface area contributed by atoms with Crippen LogP contribution in [0.1, 0.15) is 18.2 Å². The molecule has 0 bridgehead atoms. The lowest BCUT2D eigenvalue weighted by molar-refractivity contribution is -0.000748. The van der Waals surface area contributed by atoms with E-state index in [-0.39, 0.29) is 6.23 Å². The highest BCUT2D eigenvalue weighted by Gasteiger charge is 2.16. The molecule has 2 rings (SSSR count). The zero-order chi connectivity index (χ0) is 9.10. The average molecular weight is 242 g/mol. The minimum Gasteiger partial charge on any atom is -0.359 e. The van der Waals surface area contributed by atoms with Crippen LogP contribution in [0.4, 0.5) is 0 Å². The zero-order valence-corrected chi connectivity index (χ0v) is 8.88. The Morgan fingerprint density at radius 2 is 2.23 bits per heavy atom. The molecule has 1 aliphatic rings. The molecular formula is C10H12BrNO. The van der Waals surface area contributed by atoms with Crippen LogP contribution in [0.2, 0.25) is 0 Å². The van der Waals surface area contributed by atoms with Crippen LogP contribution in [0.25, 0.3) is 0 Å². The normalized spacial score (nSPS) is 23.0. The Labute approximate surface area is 86.4 Å². The highest BCUT2D eigenvalue weighted by Crippen LogP contribution is 2.25. The van der Waals surface area contributed by atoms with Gasteiger partial charge in [-0.05, 0) is 12.5 Å². The van der Waals surface area contributed by atoms with E-state index in [4.69, 9.17) is 4.74 Å². The molecule has 0 radical (unpaired) electrons. The van der Waals surface area contributed by atoms with Gasteiger partial charge in [0.25, 0.3) is 0 Å². The van der Waals surface area contributed by atoms with Crippen molar-refractivity contribution in [3.63, 3.8) is 0 Å². The van der Waals surface area contributed by atoms with Crippen LogP contribution >= 0.6 is 15.9 Å². The molecule has 2 nitrogen and oxygen atoms in total. The monoisotopic (exact) mass is 241 g/mol. The second-order valence-electron chi connectivity index (χ2n) is 3.08. The van der Waals surface area contributed by atoms with Gasteiger partial charge < -0.3 is 4.74 Å². The smallest absolute Gasteiger partial charge is 0.135 e. The lowest BCUT2D eigenvalue weighted by atomic mass is 10.2.